The third-order valence-electron chi connectivity index (χ3n) is 6.37. The Morgan fingerprint density at radius 3 is 2.27 bits per heavy atom. The Labute approximate surface area is 180 Å². The van der Waals surface area contributed by atoms with Crippen molar-refractivity contribution in [2.75, 3.05) is 44.2 Å². The summed E-state index contributed by atoms with van der Waals surface area (Å²) in [6, 6.07) is 7.01. The van der Waals surface area contributed by atoms with E-state index in [-0.39, 0.29) is 35.0 Å². The number of hydrogen-bond donors (Lipinski definition) is 0. The molecule has 158 valence electrons. The Kier molecular flexibility index (Phi) is 4.91. The Morgan fingerprint density at radius 2 is 1.63 bits per heavy atom. The Balaban J connectivity index is 1.17. The second-order valence-corrected chi connectivity index (χ2v) is 10.4. The number of hydrogen-bond acceptors (Lipinski definition) is 6. The smallest absolute Gasteiger partial charge is 0.246 e. The predicted molar refractivity (Wildman–Crippen MR) is 112 cm³/mol. The first-order valence-corrected chi connectivity index (χ1v) is 11.8. The van der Waals surface area contributed by atoms with Gasteiger partial charge in [0, 0.05) is 75.4 Å². The van der Waals surface area contributed by atoms with Gasteiger partial charge < -0.3 is 9.80 Å². The average Bonchev–Trinajstić information content (AvgIpc) is 3.27. The van der Waals surface area contributed by atoms with Crippen LogP contribution in [-0.2, 0) is 14.8 Å². The molecular weight excluding hydrogens is 426 g/mol. The lowest BCUT2D eigenvalue weighted by atomic mass is 10.0. The van der Waals surface area contributed by atoms with Gasteiger partial charge in [0.2, 0.25) is 15.9 Å². The van der Waals surface area contributed by atoms with Gasteiger partial charge in [-0.15, -0.1) is 0 Å². The number of likely N-dealkylation sites (tertiary alicyclic amines) is 1. The van der Waals surface area contributed by atoms with Crippen molar-refractivity contribution in [2.45, 2.75) is 4.90 Å². The summed E-state index contributed by atoms with van der Waals surface area (Å²) >= 11 is 5.95. The number of rotatable bonds is 4. The van der Waals surface area contributed by atoms with Crippen LogP contribution in [0, 0.1) is 17.8 Å². The van der Waals surface area contributed by atoms with E-state index in [4.69, 9.17) is 11.6 Å². The van der Waals surface area contributed by atoms with Crippen molar-refractivity contribution >= 4 is 33.2 Å². The van der Waals surface area contributed by atoms with Gasteiger partial charge in [-0.2, -0.15) is 4.31 Å². The summed E-state index contributed by atoms with van der Waals surface area (Å²) in [4.78, 5) is 25.1. The summed E-state index contributed by atoms with van der Waals surface area (Å²) in [6.07, 6.45) is 5.05. The maximum absolute atomic E-state index is 12.9. The van der Waals surface area contributed by atoms with Gasteiger partial charge in [-0.3, -0.25) is 9.78 Å². The lowest BCUT2D eigenvalue weighted by molar-refractivity contribution is -0.138. The molecule has 3 fully saturated rings. The molecule has 5 heterocycles. The van der Waals surface area contributed by atoms with Crippen LogP contribution in [0.4, 0.5) is 5.69 Å². The first-order valence-electron chi connectivity index (χ1n) is 9.98. The summed E-state index contributed by atoms with van der Waals surface area (Å²) in [7, 11) is -3.72. The van der Waals surface area contributed by atoms with Crippen LogP contribution in [0.1, 0.15) is 0 Å². The van der Waals surface area contributed by atoms with Gasteiger partial charge in [0.1, 0.15) is 10.0 Å². The Morgan fingerprint density at radius 1 is 0.967 bits per heavy atom. The highest BCUT2D eigenvalue weighted by Crippen LogP contribution is 2.36. The predicted octanol–water partition coefficient (Wildman–Crippen LogP) is 1.35. The third-order valence-corrected chi connectivity index (χ3v) is 8.64. The van der Waals surface area contributed by atoms with E-state index < -0.39 is 10.0 Å². The zero-order chi connectivity index (χ0) is 20.9. The van der Waals surface area contributed by atoms with E-state index in [2.05, 4.69) is 14.9 Å². The summed E-state index contributed by atoms with van der Waals surface area (Å²) in [5.41, 5.74) is 1.17. The molecule has 0 bridgehead atoms. The molecule has 0 aromatic carbocycles. The number of sulfonamides is 1. The Hall–Kier alpha value is -2.23. The largest absolute Gasteiger partial charge is 0.371 e. The summed E-state index contributed by atoms with van der Waals surface area (Å²) in [6.45, 7) is 3.74. The SMILES string of the molecule is O=C(C1CN(S(=O)(=O)c2cccnc2Cl)C1)N1CC2CN(c3ccncc3)CC2C1. The molecule has 2 unspecified atom stereocenters. The molecular formula is C20H22ClN5O3S. The van der Waals surface area contributed by atoms with Crippen LogP contribution in [0.3, 0.4) is 0 Å². The van der Waals surface area contributed by atoms with Crippen LogP contribution in [0.5, 0.6) is 0 Å². The minimum Gasteiger partial charge on any atom is -0.371 e. The molecule has 2 aromatic heterocycles. The number of carbonyl (C=O) groups is 1. The van der Waals surface area contributed by atoms with E-state index in [1.807, 2.05) is 17.0 Å². The molecule has 0 saturated carbocycles. The quantitative estimate of drug-likeness (QED) is 0.657. The van der Waals surface area contributed by atoms with Gasteiger partial charge in [0.25, 0.3) is 0 Å². The number of fused-ring (bicyclic) bond motifs is 1. The monoisotopic (exact) mass is 447 g/mol. The molecule has 1 amide bonds. The van der Waals surface area contributed by atoms with Crippen LogP contribution in [0.2, 0.25) is 5.15 Å². The molecule has 8 nitrogen and oxygen atoms in total. The first kappa shape index (κ1) is 19.7. The standard InChI is InChI=1S/C20H22ClN5O3S/c21-19-18(2-1-5-23-19)30(28,29)26-12-16(13-26)20(27)25-10-14-8-24(9-15(14)11-25)17-3-6-22-7-4-17/h1-7,14-16H,8-13H2. The molecule has 3 aliphatic rings. The van der Waals surface area contributed by atoms with E-state index in [9.17, 15) is 13.2 Å². The van der Waals surface area contributed by atoms with Crippen LogP contribution in [0.25, 0.3) is 0 Å². The van der Waals surface area contributed by atoms with Gasteiger partial charge in [0.15, 0.2) is 0 Å². The highest BCUT2D eigenvalue weighted by molar-refractivity contribution is 7.89. The van der Waals surface area contributed by atoms with Crippen LogP contribution in [-0.4, -0.2) is 72.8 Å². The maximum Gasteiger partial charge on any atom is 0.246 e. The fourth-order valence-corrected chi connectivity index (χ4v) is 6.65. The molecule has 2 aromatic rings. The number of anilines is 1. The first-order chi connectivity index (χ1) is 14.4. The molecule has 3 saturated heterocycles. The van der Waals surface area contributed by atoms with Gasteiger partial charge >= 0.3 is 0 Å². The fourth-order valence-electron chi connectivity index (χ4n) is 4.69. The van der Waals surface area contributed by atoms with E-state index in [0.29, 0.717) is 11.8 Å². The number of pyridine rings is 2. The topological polar surface area (TPSA) is 86.7 Å². The van der Waals surface area contributed by atoms with Crippen molar-refractivity contribution in [2.24, 2.45) is 17.8 Å². The number of carbonyl (C=O) groups excluding carboxylic acids is 1. The van der Waals surface area contributed by atoms with E-state index in [0.717, 1.165) is 26.2 Å². The molecule has 2 atom stereocenters. The van der Waals surface area contributed by atoms with Crippen LogP contribution < -0.4 is 4.90 Å². The number of amides is 1. The van der Waals surface area contributed by atoms with E-state index in [1.165, 1.54) is 22.3 Å². The van der Waals surface area contributed by atoms with Crippen molar-refractivity contribution in [3.8, 4) is 0 Å². The molecule has 0 radical (unpaired) electrons. The molecule has 0 spiro atoms. The minimum atomic E-state index is -3.72. The molecule has 0 N–H and O–H groups in total. The van der Waals surface area contributed by atoms with Gasteiger partial charge in [-0.05, 0) is 24.3 Å². The molecule has 0 aliphatic carbocycles. The average molecular weight is 448 g/mol. The lowest BCUT2D eigenvalue weighted by Gasteiger charge is -2.39. The highest BCUT2D eigenvalue weighted by atomic mass is 35.5. The third kappa shape index (κ3) is 3.34. The molecule has 3 aliphatic heterocycles. The number of aromatic nitrogens is 2. The van der Waals surface area contributed by atoms with Crippen molar-refractivity contribution in [1.82, 2.24) is 19.2 Å². The second kappa shape index (κ2) is 7.47. The van der Waals surface area contributed by atoms with E-state index in [1.54, 1.807) is 18.5 Å². The summed E-state index contributed by atoms with van der Waals surface area (Å²) < 4.78 is 26.7. The fraction of sp³-hybridized carbons (Fsp3) is 0.450. The zero-order valence-corrected chi connectivity index (χ0v) is 17.8. The van der Waals surface area contributed by atoms with Crippen LogP contribution in [0.15, 0.2) is 47.8 Å². The van der Waals surface area contributed by atoms with Gasteiger partial charge in [-0.1, -0.05) is 11.6 Å². The Bertz CT molecular complexity index is 1050. The van der Waals surface area contributed by atoms with Crippen molar-refractivity contribution < 1.29 is 13.2 Å². The van der Waals surface area contributed by atoms with Crippen molar-refractivity contribution in [3.05, 3.63) is 48.0 Å². The number of nitrogens with zero attached hydrogens (tertiary/aromatic N) is 5. The number of halogens is 1. The van der Waals surface area contributed by atoms with Crippen LogP contribution >= 0.6 is 11.6 Å². The minimum absolute atomic E-state index is 0.00975. The second-order valence-electron chi connectivity index (χ2n) is 8.19. The summed E-state index contributed by atoms with van der Waals surface area (Å²) in [5.74, 6) is 0.682. The van der Waals surface area contributed by atoms with Crippen molar-refractivity contribution in [3.63, 3.8) is 0 Å². The summed E-state index contributed by atoms with van der Waals surface area (Å²) in [5, 5.41) is -0.0432. The zero-order valence-electron chi connectivity index (χ0n) is 16.3. The maximum atomic E-state index is 12.9. The lowest BCUT2D eigenvalue weighted by Crippen LogP contribution is -2.56. The van der Waals surface area contributed by atoms with Crippen molar-refractivity contribution in [1.29, 1.82) is 0 Å². The molecule has 10 heteroatoms. The van der Waals surface area contributed by atoms with E-state index >= 15 is 0 Å². The van der Waals surface area contributed by atoms with Gasteiger partial charge in [-0.25, -0.2) is 13.4 Å². The molecule has 5 rings (SSSR count). The van der Waals surface area contributed by atoms with Gasteiger partial charge in [0.05, 0.1) is 5.92 Å². The molecule has 30 heavy (non-hydrogen) atoms. The normalized spacial score (nSPS) is 24.7. The highest BCUT2D eigenvalue weighted by Gasteiger charge is 2.47.